The number of guanidine groups is 1. The van der Waals surface area contributed by atoms with Gasteiger partial charge in [0.1, 0.15) is 12.4 Å². The van der Waals surface area contributed by atoms with Gasteiger partial charge in [0, 0.05) is 25.6 Å². The summed E-state index contributed by atoms with van der Waals surface area (Å²) in [5.74, 6) is 3.27. The molecular formula is C19H27IN6. The smallest absolute Gasteiger partial charge is 0.191 e. The highest BCUT2D eigenvalue weighted by Crippen LogP contribution is 2.32. The number of fused-ring (bicyclic) bond motifs is 1. The van der Waals surface area contributed by atoms with Crippen molar-refractivity contribution >= 4 is 29.9 Å². The standard InChI is InChI=1S/C19H26N6.HI/c1-13-23-24-18(25(13)2)12-21-19(22-16-9-10-16)20-11-15-8-7-14-5-3-4-6-17(14)15;/h3-6,15-16H,7-12H2,1-2H3,(H2,20,21,22);1H. The fourth-order valence-electron chi connectivity index (χ4n) is 3.39. The third kappa shape index (κ3) is 4.36. The van der Waals surface area contributed by atoms with Crippen LogP contribution in [-0.2, 0) is 20.0 Å². The lowest BCUT2D eigenvalue weighted by molar-refractivity contribution is 0.638. The number of hydrogen-bond acceptors (Lipinski definition) is 3. The van der Waals surface area contributed by atoms with Crippen molar-refractivity contribution in [3.63, 3.8) is 0 Å². The molecule has 0 saturated heterocycles. The van der Waals surface area contributed by atoms with Crippen molar-refractivity contribution in [2.45, 2.75) is 51.1 Å². The number of benzene rings is 1. The van der Waals surface area contributed by atoms with Gasteiger partial charge in [-0.1, -0.05) is 24.3 Å². The molecule has 0 amide bonds. The van der Waals surface area contributed by atoms with E-state index in [1.807, 2.05) is 18.5 Å². The fourth-order valence-corrected chi connectivity index (χ4v) is 3.39. The van der Waals surface area contributed by atoms with Crippen molar-refractivity contribution in [1.82, 2.24) is 25.4 Å². The van der Waals surface area contributed by atoms with Crippen LogP contribution < -0.4 is 10.6 Å². The Morgan fingerprint density at radius 2 is 2.04 bits per heavy atom. The van der Waals surface area contributed by atoms with Gasteiger partial charge in [0.2, 0.25) is 0 Å². The van der Waals surface area contributed by atoms with Crippen LogP contribution in [0.25, 0.3) is 0 Å². The minimum absolute atomic E-state index is 0. The highest BCUT2D eigenvalue weighted by atomic mass is 127. The molecule has 2 N–H and O–H groups in total. The van der Waals surface area contributed by atoms with E-state index in [-0.39, 0.29) is 24.0 Å². The molecule has 26 heavy (non-hydrogen) atoms. The lowest BCUT2D eigenvalue weighted by Crippen LogP contribution is -2.40. The highest BCUT2D eigenvalue weighted by molar-refractivity contribution is 14.0. The van der Waals surface area contributed by atoms with Gasteiger partial charge in [0.05, 0.1) is 0 Å². The SMILES string of the molecule is Cc1nnc(CN=C(NCC2CCc3ccccc32)NC2CC2)n1C.I. The van der Waals surface area contributed by atoms with Crippen LogP contribution in [0.1, 0.15) is 48.0 Å². The van der Waals surface area contributed by atoms with E-state index in [9.17, 15) is 0 Å². The summed E-state index contributed by atoms with van der Waals surface area (Å²) in [6.07, 6.45) is 4.86. The van der Waals surface area contributed by atoms with Crippen LogP contribution in [0.15, 0.2) is 29.3 Å². The third-order valence-corrected chi connectivity index (χ3v) is 5.25. The monoisotopic (exact) mass is 466 g/mol. The zero-order chi connectivity index (χ0) is 17.2. The molecular weight excluding hydrogens is 439 g/mol. The van der Waals surface area contributed by atoms with Gasteiger partial charge in [-0.15, -0.1) is 34.2 Å². The van der Waals surface area contributed by atoms with Gasteiger partial charge in [0.15, 0.2) is 11.8 Å². The van der Waals surface area contributed by atoms with Crippen molar-refractivity contribution in [1.29, 1.82) is 0 Å². The summed E-state index contributed by atoms with van der Waals surface area (Å²) in [7, 11) is 1.98. The van der Waals surface area contributed by atoms with Gasteiger partial charge >= 0.3 is 0 Å². The zero-order valence-corrected chi connectivity index (χ0v) is 17.7. The molecule has 4 rings (SSSR count). The first-order valence-electron chi connectivity index (χ1n) is 9.18. The molecule has 0 bridgehead atoms. The Hall–Kier alpha value is -1.64. The molecule has 2 aliphatic rings. The maximum atomic E-state index is 4.74. The minimum Gasteiger partial charge on any atom is -0.356 e. The molecule has 1 heterocycles. The summed E-state index contributed by atoms with van der Waals surface area (Å²) in [4.78, 5) is 4.74. The second-order valence-corrected chi connectivity index (χ2v) is 7.12. The second-order valence-electron chi connectivity index (χ2n) is 7.12. The molecule has 6 nitrogen and oxygen atoms in total. The van der Waals surface area contributed by atoms with Crippen molar-refractivity contribution in [3.05, 3.63) is 47.0 Å². The first-order valence-corrected chi connectivity index (χ1v) is 9.18. The van der Waals surface area contributed by atoms with Gasteiger partial charge in [0.25, 0.3) is 0 Å². The predicted octanol–water partition coefficient (Wildman–Crippen LogP) is 2.67. The topological polar surface area (TPSA) is 67.1 Å². The summed E-state index contributed by atoms with van der Waals surface area (Å²) in [5, 5.41) is 15.4. The second kappa shape index (κ2) is 8.37. The summed E-state index contributed by atoms with van der Waals surface area (Å²) < 4.78 is 1.99. The van der Waals surface area contributed by atoms with Crippen LogP contribution >= 0.6 is 24.0 Å². The number of nitrogens with zero attached hydrogens (tertiary/aromatic N) is 4. The molecule has 1 aromatic carbocycles. The Labute approximate surface area is 171 Å². The first-order chi connectivity index (χ1) is 12.2. The van der Waals surface area contributed by atoms with E-state index in [0.29, 0.717) is 18.5 Å². The summed E-state index contributed by atoms with van der Waals surface area (Å²) >= 11 is 0. The Kier molecular flexibility index (Phi) is 6.16. The number of rotatable bonds is 5. The highest BCUT2D eigenvalue weighted by Gasteiger charge is 2.25. The molecule has 0 aliphatic heterocycles. The number of nitrogens with one attached hydrogen (secondary N) is 2. The molecule has 2 aliphatic carbocycles. The van der Waals surface area contributed by atoms with Crippen molar-refractivity contribution < 1.29 is 0 Å². The van der Waals surface area contributed by atoms with Crippen molar-refractivity contribution in [2.75, 3.05) is 6.54 Å². The summed E-state index contributed by atoms with van der Waals surface area (Å²) in [6.45, 7) is 3.42. The molecule has 2 aromatic rings. The van der Waals surface area contributed by atoms with Gasteiger partial charge in [-0.3, -0.25) is 0 Å². The van der Waals surface area contributed by atoms with Crippen LogP contribution in [-0.4, -0.2) is 33.3 Å². The normalized spacial score (nSPS) is 19.0. The number of halogens is 1. The maximum Gasteiger partial charge on any atom is 0.191 e. The largest absolute Gasteiger partial charge is 0.356 e. The molecule has 1 atom stereocenters. The molecule has 0 radical (unpaired) electrons. The number of aryl methyl sites for hydroxylation is 2. The minimum atomic E-state index is 0. The number of aliphatic imine (C=N–C) groups is 1. The van der Waals surface area contributed by atoms with Crippen LogP contribution in [0.3, 0.4) is 0 Å². The fraction of sp³-hybridized carbons (Fsp3) is 0.526. The van der Waals surface area contributed by atoms with Gasteiger partial charge < -0.3 is 15.2 Å². The lowest BCUT2D eigenvalue weighted by Gasteiger charge is -2.16. The number of aromatic nitrogens is 3. The van der Waals surface area contributed by atoms with Crippen LogP contribution in [0.5, 0.6) is 0 Å². The van der Waals surface area contributed by atoms with Crippen molar-refractivity contribution in [3.8, 4) is 0 Å². The van der Waals surface area contributed by atoms with Crippen LogP contribution in [0.2, 0.25) is 0 Å². The zero-order valence-electron chi connectivity index (χ0n) is 15.4. The van der Waals surface area contributed by atoms with Crippen LogP contribution in [0, 0.1) is 6.92 Å². The van der Waals surface area contributed by atoms with E-state index in [1.54, 1.807) is 0 Å². The van der Waals surface area contributed by atoms with E-state index in [2.05, 4.69) is 45.1 Å². The summed E-state index contributed by atoms with van der Waals surface area (Å²) in [6, 6.07) is 9.37. The molecule has 1 aromatic heterocycles. The molecule has 140 valence electrons. The number of hydrogen-bond donors (Lipinski definition) is 2. The Morgan fingerprint density at radius 1 is 1.23 bits per heavy atom. The van der Waals surface area contributed by atoms with E-state index < -0.39 is 0 Å². The average Bonchev–Trinajstić information content (AvgIpc) is 3.27. The average molecular weight is 466 g/mol. The van der Waals surface area contributed by atoms with E-state index in [1.165, 1.54) is 36.8 Å². The van der Waals surface area contributed by atoms with Gasteiger partial charge in [-0.25, -0.2) is 4.99 Å². The molecule has 1 fully saturated rings. The van der Waals surface area contributed by atoms with Gasteiger partial charge in [-0.05, 0) is 43.7 Å². The van der Waals surface area contributed by atoms with Crippen molar-refractivity contribution in [2.24, 2.45) is 12.0 Å². The Morgan fingerprint density at radius 3 is 2.77 bits per heavy atom. The lowest BCUT2D eigenvalue weighted by atomic mass is 10.0. The quantitative estimate of drug-likeness (QED) is 0.404. The Balaban J connectivity index is 0.00000196. The maximum absolute atomic E-state index is 4.74. The Bertz CT molecular complexity index is 780. The molecule has 0 spiro atoms. The van der Waals surface area contributed by atoms with E-state index in [0.717, 1.165) is 24.2 Å². The van der Waals surface area contributed by atoms with E-state index in [4.69, 9.17) is 4.99 Å². The first kappa shape index (κ1) is 19.1. The van der Waals surface area contributed by atoms with Gasteiger partial charge in [-0.2, -0.15) is 0 Å². The molecule has 1 unspecified atom stereocenters. The van der Waals surface area contributed by atoms with Crippen LogP contribution in [0.4, 0.5) is 0 Å². The third-order valence-electron chi connectivity index (χ3n) is 5.25. The van der Waals surface area contributed by atoms with E-state index >= 15 is 0 Å². The predicted molar refractivity (Wildman–Crippen MR) is 114 cm³/mol. The molecule has 1 saturated carbocycles. The molecule has 7 heteroatoms. The summed E-state index contributed by atoms with van der Waals surface area (Å²) in [5.41, 5.74) is 2.99.